The molecule has 1 aliphatic heterocycles. The van der Waals surface area contributed by atoms with E-state index in [9.17, 15) is 0 Å². The normalized spacial score (nSPS) is 15.1. The molecular formula is C30H37N3O. The molecule has 0 saturated carbocycles. The molecule has 3 aromatic rings. The third kappa shape index (κ3) is 6.35. The Balaban J connectivity index is 1.62. The Hall–Kier alpha value is -2.92. The Morgan fingerprint density at radius 2 is 1.50 bits per heavy atom. The second kappa shape index (κ2) is 12.5. The smallest absolute Gasteiger partial charge is 0.123 e. The molecule has 0 aliphatic carbocycles. The largest absolute Gasteiger partial charge is 0.496 e. The number of hydrogen-bond donors (Lipinski definition) is 1. The van der Waals surface area contributed by atoms with Crippen LogP contribution in [0.25, 0.3) is 5.57 Å². The van der Waals surface area contributed by atoms with Gasteiger partial charge in [-0.1, -0.05) is 84.9 Å². The van der Waals surface area contributed by atoms with Crippen molar-refractivity contribution in [3.05, 3.63) is 108 Å². The first-order valence-corrected chi connectivity index (χ1v) is 12.4. The maximum Gasteiger partial charge on any atom is 0.123 e. The number of nitrogens with one attached hydrogen (secondary N) is 1. The Labute approximate surface area is 204 Å². The minimum atomic E-state index is 0.239. The van der Waals surface area contributed by atoms with Crippen molar-refractivity contribution >= 4 is 5.57 Å². The number of hydrogen-bond acceptors (Lipinski definition) is 4. The number of nitrogens with zero attached hydrogens (tertiary/aromatic N) is 2. The molecule has 1 atom stereocenters. The van der Waals surface area contributed by atoms with Crippen LogP contribution in [-0.2, 0) is 0 Å². The SMILES string of the molecule is COc1ccccc1[C@@H](C)N(CC=C(c1ccccc1)c1ccccc1)CCN1CCNCC1. The topological polar surface area (TPSA) is 27.7 Å². The highest BCUT2D eigenvalue weighted by Crippen LogP contribution is 2.30. The average Bonchev–Trinajstić information content (AvgIpc) is 2.92. The molecule has 4 nitrogen and oxygen atoms in total. The Bertz CT molecular complexity index is 988. The maximum atomic E-state index is 5.71. The van der Waals surface area contributed by atoms with Crippen LogP contribution in [0.2, 0.25) is 0 Å². The van der Waals surface area contributed by atoms with Gasteiger partial charge >= 0.3 is 0 Å². The minimum Gasteiger partial charge on any atom is -0.496 e. The summed E-state index contributed by atoms with van der Waals surface area (Å²) in [7, 11) is 1.76. The molecule has 0 amide bonds. The van der Waals surface area contributed by atoms with Gasteiger partial charge in [0.15, 0.2) is 0 Å². The van der Waals surface area contributed by atoms with E-state index in [1.54, 1.807) is 7.11 Å². The van der Waals surface area contributed by atoms with E-state index in [0.29, 0.717) is 0 Å². The van der Waals surface area contributed by atoms with Gasteiger partial charge in [-0.2, -0.15) is 0 Å². The van der Waals surface area contributed by atoms with Crippen LogP contribution < -0.4 is 10.1 Å². The van der Waals surface area contributed by atoms with Gasteiger partial charge in [0.25, 0.3) is 0 Å². The molecule has 178 valence electrons. The van der Waals surface area contributed by atoms with Crippen molar-refractivity contribution < 1.29 is 4.74 Å². The van der Waals surface area contributed by atoms with Crippen LogP contribution in [0.1, 0.15) is 29.7 Å². The maximum absolute atomic E-state index is 5.71. The molecule has 0 radical (unpaired) electrons. The average molecular weight is 456 g/mol. The van der Waals surface area contributed by atoms with Crippen molar-refractivity contribution in [2.75, 3.05) is 52.9 Å². The molecule has 1 saturated heterocycles. The van der Waals surface area contributed by atoms with Gasteiger partial charge in [-0.3, -0.25) is 9.80 Å². The van der Waals surface area contributed by atoms with E-state index in [2.05, 4.69) is 107 Å². The predicted octanol–water partition coefficient (Wildman–Crippen LogP) is 5.10. The second-order valence-electron chi connectivity index (χ2n) is 8.85. The van der Waals surface area contributed by atoms with Crippen LogP contribution in [0.15, 0.2) is 91.0 Å². The lowest BCUT2D eigenvalue weighted by Crippen LogP contribution is -2.46. The van der Waals surface area contributed by atoms with Gasteiger partial charge in [0.1, 0.15) is 5.75 Å². The van der Waals surface area contributed by atoms with Gasteiger partial charge in [0.05, 0.1) is 7.11 Å². The second-order valence-corrected chi connectivity index (χ2v) is 8.85. The standard InChI is InChI=1S/C30H37N3O/c1-25(28-15-9-10-16-30(28)34-2)33(24-23-32-21-18-31-19-22-32)20-17-29(26-11-5-3-6-12-26)27-13-7-4-8-14-27/h3-17,25,31H,18-24H2,1-2H3/t25-/m1/s1. The van der Waals surface area contributed by atoms with Crippen molar-refractivity contribution in [1.29, 1.82) is 0 Å². The van der Waals surface area contributed by atoms with Gasteiger partial charge < -0.3 is 10.1 Å². The van der Waals surface area contributed by atoms with Gasteiger partial charge in [0.2, 0.25) is 0 Å². The van der Waals surface area contributed by atoms with E-state index >= 15 is 0 Å². The first kappa shape index (κ1) is 24.2. The molecule has 1 fully saturated rings. The quantitative estimate of drug-likeness (QED) is 0.461. The minimum absolute atomic E-state index is 0.239. The van der Waals surface area contributed by atoms with Crippen molar-refractivity contribution in [1.82, 2.24) is 15.1 Å². The van der Waals surface area contributed by atoms with Gasteiger partial charge in [-0.15, -0.1) is 0 Å². The Morgan fingerprint density at radius 3 is 2.12 bits per heavy atom. The molecule has 34 heavy (non-hydrogen) atoms. The lowest BCUT2D eigenvalue weighted by Gasteiger charge is -2.33. The molecule has 1 aliphatic rings. The van der Waals surface area contributed by atoms with Crippen LogP contribution in [0.4, 0.5) is 0 Å². The molecular weight excluding hydrogens is 418 g/mol. The zero-order valence-electron chi connectivity index (χ0n) is 20.5. The summed E-state index contributed by atoms with van der Waals surface area (Å²) >= 11 is 0. The highest BCUT2D eigenvalue weighted by molar-refractivity contribution is 5.79. The highest BCUT2D eigenvalue weighted by Gasteiger charge is 2.20. The van der Waals surface area contributed by atoms with Crippen LogP contribution >= 0.6 is 0 Å². The van der Waals surface area contributed by atoms with E-state index in [4.69, 9.17) is 4.74 Å². The lowest BCUT2D eigenvalue weighted by molar-refractivity contribution is 0.169. The Kier molecular flexibility index (Phi) is 8.91. The molecule has 3 aromatic carbocycles. The van der Waals surface area contributed by atoms with Crippen molar-refractivity contribution in [3.8, 4) is 5.75 Å². The predicted molar refractivity (Wildman–Crippen MR) is 142 cm³/mol. The molecule has 0 aromatic heterocycles. The van der Waals surface area contributed by atoms with Gasteiger partial charge in [-0.05, 0) is 29.7 Å². The number of methoxy groups -OCH3 is 1. The molecule has 0 unspecified atom stereocenters. The summed E-state index contributed by atoms with van der Waals surface area (Å²) in [5.41, 5.74) is 5.02. The first-order valence-electron chi connectivity index (χ1n) is 12.4. The van der Waals surface area contributed by atoms with Gasteiger partial charge in [-0.25, -0.2) is 0 Å². The first-order chi connectivity index (χ1) is 16.8. The number of ether oxygens (including phenoxy) is 1. The van der Waals surface area contributed by atoms with E-state index in [-0.39, 0.29) is 6.04 Å². The zero-order valence-corrected chi connectivity index (χ0v) is 20.5. The molecule has 4 rings (SSSR count). The summed E-state index contributed by atoms with van der Waals surface area (Å²) in [6.07, 6.45) is 2.40. The van der Waals surface area contributed by atoms with Gasteiger partial charge in [0, 0.05) is 57.4 Å². The number of benzene rings is 3. The van der Waals surface area contributed by atoms with Crippen LogP contribution in [0.3, 0.4) is 0 Å². The van der Waals surface area contributed by atoms with E-state index < -0.39 is 0 Å². The van der Waals surface area contributed by atoms with Crippen LogP contribution in [-0.4, -0.2) is 62.7 Å². The number of piperazine rings is 1. The fraction of sp³-hybridized carbons (Fsp3) is 0.333. The lowest BCUT2D eigenvalue weighted by atomic mass is 9.97. The summed E-state index contributed by atoms with van der Waals surface area (Å²) in [4.78, 5) is 5.14. The summed E-state index contributed by atoms with van der Waals surface area (Å²) in [5, 5.41) is 3.46. The third-order valence-corrected chi connectivity index (χ3v) is 6.75. The third-order valence-electron chi connectivity index (χ3n) is 6.75. The molecule has 1 heterocycles. The fourth-order valence-electron chi connectivity index (χ4n) is 4.70. The summed E-state index contributed by atoms with van der Waals surface area (Å²) in [6.45, 7) is 9.63. The van der Waals surface area contributed by atoms with Crippen LogP contribution in [0, 0.1) is 0 Å². The Morgan fingerprint density at radius 1 is 0.912 bits per heavy atom. The fourth-order valence-corrected chi connectivity index (χ4v) is 4.70. The van der Waals surface area contributed by atoms with Crippen LogP contribution in [0.5, 0.6) is 5.75 Å². The number of rotatable bonds is 10. The number of para-hydroxylation sites is 1. The van der Waals surface area contributed by atoms with E-state index in [0.717, 1.165) is 51.6 Å². The molecule has 4 heteroatoms. The zero-order chi connectivity index (χ0) is 23.6. The summed E-state index contributed by atoms with van der Waals surface area (Å²) in [6, 6.07) is 30.1. The van der Waals surface area contributed by atoms with E-state index in [1.807, 2.05) is 6.07 Å². The highest BCUT2D eigenvalue weighted by atomic mass is 16.5. The molecule has 0 bridgehead atoms. The summed E-state index contributed by atoms with van der Waals surface area (Å²) in [5.74, 6) is 0.956. The molecule has 0 spiro atoms. The van der Waals surface area contributed by atoms with Crippen molar-refractivity contribution in [2.45, 2.75) is 13.0 Å². The monoisotopic (exact) mass is 455 g/mol. The van der Waals surface area contributed by atoms with Crippen molar-refractivity contribution in [3.63, 3.8) is 0 Å². The molecule has 1 N–H and O–H groups in total. The van der Waals surface area contributed by atoms with E-state index in [1.165, 1.54) is 22.3 Å². The summed E-state index contributed by atoms with van der Waals surface area (Å²) < 4.78 is 5.71. The van der Waals surface area contributed by atoms with Crippen molar-refractivity contribution in [2.24, 2.45) is 0 Å².